The van der Waals surface area contributed by atoms with E-state index in [1.807, 2.05) is 22.6 Å². The van der Waals surface area contributed by atoms with E-state index in [0.717, 1.165) is 0 Å². The van der Waals surface area contributed by atoms with E-state index in [0.29, 0.717) is 28.7 Å². The monoisotopic (exact) mass is 548 g/mol. The van der Waals surface area contributed by atoms with Crippen LogP contribution in [-0.2, 0) is 14.4 Å². The van der Waals surface area contributed by atoms with Gasteiger partial charge >= 0.3 is 23.9 Å². The average Bonchev–Trinajstić information content (AvgIpc) is 2.69. The molecular formula is C18H23IN4O8. The number of carbonyl (C=O) groups is 5. The number of nitrogens with zero attached hydrogens (tertiary/aromatic N) is 1. The lowest BCUT2D eigenvalue weighted by atomic mass is 10.1. The van der Waals surface area contributed by atoms with Crippen LogP contribution in [0.25, 0.3) is 0 Å². The summed E-state index contributed by atoms with van der Waals surface area (Å²) < 4.78 is 0.557. The lowest BCUT2D eigenvalue weighted by Gasteiger charge is -2.18. The van der Waals surface area contributed by atoms with Gasteiger partial charge in [-0.2, -0.15) is 0 Å². The van der Waals surface area contributed by atoms with Crippen LogP contribution in [0.2, 0.25) is 0 Å². The van der Waals surface area contributed by atoms with E-state index in [1.165, 1.54) is 0 Å². The Morgan fingerprint density at radius 2 is 1.58 bits per heavy atom. The standard InChI is InChI=1S/C18H23IN4O8/c19-14-10(4-3-9-20-14)15(26)21-8-2-1-5-11(16(27)28)22-18(31)23-12(17(29)30)6-7-13(24)25/h3-4,9,11-12H,1-2,5-8H2,(H,21,26)(H,24,25)(H,27,28)(H,29,30)(H2,22,23,31)/i19-2. The van der Waals surface area contributed by atoms with Gasteiger partial charge in [-0.3, -0.25) is 9.59 Å². The number of carboxylic acids is 3. The van der Waals surface area contributed by atoms with E-state index in [1.54, 1.807) is 18.3 Å². The van der Waals surface area contributed by atoms with Crippen molar-refractivity contribution in [3.8, 4) is 0 Å². The highest BCUT2D eigenvalue weighted by atomic mass is 125. The minimum atomic E-state index is -1.46. The van der Waals surface area contributed by atoms with Crippen LogP contribution >= 0.6 is 22.6 Å². The maximum atomic E-state index is 12.1. The molecule has 0 saturated carbocycles. The molecule has 0 bridgehead atoms. The number of amides is 3. The number of urea groups is 1. The molecule has 0 fully saturated rings. The molecule has 0 aliphatic carbocycles. The maximum Gasteiger partial charge on any atom is 0.326 e. The van der Waals surface area contributed by atoms with E-state index < -0.39 is 42.4 Å². The Hall–Kier alpha value is -2.97. The molecule has 1 aromatic heterocycles. The molecule has 170 valence electrons. The number of carbonyl (C=O) groups excluding carboxylic acids is 2. The maximum absolute atomic E-state index is 12.1. The summed E-state index contributed by atoms with van der Waals surface area (Å²) in [6, 6.07) is -0.486. The smallest absolute Gasteiger partial charge is 0.326 e. The summed E-state index contributed by atoms with van der Waals surface area (Å²) in [6.07, 6.45) is 1.62. The Kier molecular flexibility index (Phi) is 11.2. The second-order valence-corrected chi connectivity index (χ2v) is 7.45. The van der Waals surface area contributed by atoms with Gasteiger partial charge in [0.2, 0.25) is 0 Å². The predicted molar refractivity (Wildman–Crippen MR) is 115 cm³/mol. The Bertz CT molecular complexity index is 820. The SMILES string of the molecule is O=C(O)CCC(NC(=O)NC(CCCCNC(=O)c1cccnc1[125I])C(=O)O)C(=O)O. The topological polar surface area (TPSA) is 195 Å². The van der Waals surface area contributed by atoms with Gasteiger partial charge in [-0.15, -0.1) is 0 Å². The van der Waals surface area contributed by atoms with Crippen molar-refractivity contribution >= 4 is 52.4 Å². The minimum absolute atomic E-state index is 0.0515. The molecule has 0 aliphatic rings. The van der Waals surface area contributed by atoms with Crippen LogP contribution in [0.1, 0.15) is 42.5 Å². The number of halogens is 1. The first-order valence-electron chi connectivity index (χ1n) is 9.25. The third-order valence-corrected chi connectivity index (χ3v) is 4.92. The third-order valence-electron chi connectivity index (χ3n) is 4.06. The molecule has 1 heterocycles. The van der Waals surface area contributed by atoms with Crippen molar-refractivity contribution in [2.24, 2.45) is 0 Å². The molecule has 31 heavy (non-hydrogen) atoms. The van der Waals surface area contributed by atoms with Gasteiger partial charge in [-0.05, 0) is 60.4 Å². The second-order valence-electron chi connectivity index (χ2n) is 6.43. The number of unbranched alkanes of at least 4 members (excludes halogenated alkanes) is 1. The zero-order chi connectivity index (χ0) is 23.4. The van der Waals surface area contributed by atoms with Crippen LogP contribution in [0.5, 0.6) is 0 Å². The molecule has 12 nitrogen and oxygen atoms in total. The molecule has 13 heteroatoms. The number of aromatic nitrogens is 1. The molecule has 0 radical (unpaired) electrons. The Labute approximate surface area is 190 Å². The molecule has 2 unspecified atom stereocenters. The number of carboxylic acid groups (broad SMARTS) is 3. The molecule has 6 N–H and O–H groups in total. The number of hydrogen-bond acceptors (Lipinski definition) is 6. The van der Waals surface area contributed by atoms with Crippen molar-refractivity contribution in [2.45, 2.75) is 44.2 Å². The van der Waals surface area contributed by atoms with Gasteiger partial charge < -0.3 is 31.3 Å². The van der Waals surface area contributed by atoms with Gasteiger partial charge in [-0.25, -0.2) is 19.4 Å². The van der Waals surface area contributed by atoms with Crippen LogP contribution in [0, 0.1) is 3.70 Å². The number of nitrogens with one attached hydrogen (secondary N) is 3. The first kappa shape index (κ1) is 26.1. The largest absolute Gasteiger partial charge is 0.481 e. The highest BCUT2D eigenvalue weighted by Crippen LogP contribution is 2.08. The van der Waals surface area contributed by atoms with E-state index in [2.05, 4.69) is 20.9 Å². The quantitative estimate of drug-likeness (QED) is 0.117. The summed E-state index contributed by atoms with van der Waals surface area (Å²) in [5, 5.41) is 33.8. The van der Waals surface area contributed by atoms with Gasteiger partial charge in [0.15, 0.2) is 0 Å². The zero-order valence-corrected chi connectivity index (χ0v) is 18.5. The molecule has 1 rings (SSSR count). The molecule has 0 aliphatic heterocycles. The third kappa shape index (κ3) is 10.1. The molecule has 0 saturated heterocycles. The summed E-state index contributed by atoms with van der Waals surface area (Å²) >= 11 is 1.94. The number of aliphatic carboxylic acids is 3. The highest BCUT2D eigenvalue weighted by Gasteiger charge is 2.24. The molecule has 3 amide bonds. The van der Waals surface area contributed by atoms with Crippen LogP contribution in [0.15, 0.2) is 18.3 Å². The van der Waals surface area contributed by atoms with Gasteiger partial charge in [-0.1, -0.05) is 0 Å². The van der Waals surface area contributed by atoms with Gasteiger partial charge in [0.25, 0.3) is 5.91 Å². The van der Waals surface area contributed by atoms with E-state index in [4.69, 9.17) is 10.2 Å². The van der Waals surface area contributed by atoms with Crippen molar-refractivity contribution in [1.29, 1.82) is 0 Å². The van der Waals surface area contributed by atoms with Crippen molar-refractivity contribution in [3.05, 3.63) is 27.6 Å². The van der Waals surface area contributed by atoms with E-state index in [-0.39, 0.29) is 18.7 Å². The summed E-state index contributed by atoms with van der Waals surface area (Å²) in [4.78, 5) is 61.0. The number of rotatable bonds is 13. The van der Waals surface area contributed by atoms with Gasteiger partial charge in [0.1, 0.15) is 15.8 Å². The summed E-state index contributed by atoms with van der Waals surface area (Å²) in [7, 11) is 0. The van der Waals surface area contributed by atoms with Crippen molar-refractivity contribution < 1.29 is 39.3 Å². The van der Waals surface area contributed by atoms with Gasteiger partial charge in [0, 0.05) is 19.2 Å². The highest BCUT2D eigenvalue weighted by molar-refractivity contribution is 14.1. The number of hydrogen-bond donors (Lipinski definition) is 6. The van der Waals surface area contributed by atoms with Crippen LogP contribution in [-0.4, -0.2) is 68.8 Å². The first-order chi connectivity index (χ1) is 14.6. The second kappa shape index (κ2) is 13.4. The predicted octanol–water partition coefficient (Wildman–Crippen LogP) is 0.657. The summed E-state index contributed by atoms with van der Waals surface area (Å²) in [6.45, 7) is 0.290. The van der Waals surface area contributed by atoms with Crippen LogP contribution in [0.4, 0.5) is 4.79 Å². The Balaban J connectivity index is 2.43. The normalized spacial score (nSPS) is 12.3. The fraction of sp³-hybridized carbons (Fsp3) is 0.444. The average molecular weight is 548 g/mol. The first-order valence-corrected chi connectivity index (χ1v) is 10.3. The Morgan fingerprint density at radius 3 is 2.13 bits per heavy atom. The molecule has 2 atom stereocenters. The van der Waals surface area contributed by atoms with Crippen molar-refractivity contribution in [3.63, 3.8) is 0 Å². The molecule has 0 spiro atoms. The fourth-order valence-corrected chi connectivity index (χ4v) is 3.05. The minimum Gasteiger partial charge on any atom is -0.481 e. The summed E-state index contributed by atoms with van der Waals surface area (Å²) in [5.41, 5.74) is 0.431. The fourth-order valence-electron chi connectivity index (χ4n) is 2.47. The number of pyridine rings is 1. The van der Waals surface area contributed by atoms with E-state index >= 15 is 0 Å². The van der Waals surface area contributed by atoms with E-state index in [9.17, 15) is 29.1 Å². The van der Waals surface area contributed by atoms with Crippen molar-refractivity contribution in [2.75, 3.05) is 6.54 Å². The van der Waals surface area contributed by atoms with Crippen LogP contribution < -0.4 is 16.0 Å². The van der Waals surface area contributed by atoms with Crippen molar-refractivity contribution in [1.82, 2.24) is 20.9 Å². The Morgan fingerprint density at radius 1 is 0.968 bits per heavy atom. The molecule has 1 aromatic rings. The van der Waals surface area contributed by atoms with Gasteiger partial charge in [0.05, 0.1) is 5.56 Å². The lowest BCUT2D eigenvalue weighted by molar-refractivity contribution is -0.140. The lowest BCUT2D eigenvalue weighted by Crippen LogP contribution is -2.51. The van der Waals surface area contributed by atoms with Crippen LogP contribution in [0.3, 0.4) is 0 Å². The zero-order valence-electron chi connectivity index (χ0n) is 16.3. The molecule has 0 aromatic carbocycles. The summed E-state index contributed by atoms with van der Waals surface area (Å²) in [5.74, 6) is -4.25. The molecular weight excluding hydrogens is 525 g/mol.